The maximum atomic E-state index is 12.3. The van der Waals surface area contributed by atoms with Crippen LogP contribution in [-0.4, -0.2) is 16.0 Å². The third-order valence-electron chi connectivity index (χ3n) is 4.01. The first-order valence-electron chi connectivity index (χ1n) is 8.28. The molecule has 0 atom stereocenters. The largest absolute Gasteiger partial charge is 0.751 e. The Morgan fingerprint density at radius 2 is 1.44 bits per heavy atom. The molecular formula is C21H14N3O3-. The average molecular weight is 356 g/mol. The van der Waals surface area contributed by atoms with Crippen molar-refractivity contribution in [3.05, 3.63) is 95.7 Å². The fraction of sp³-hybridized carbons (Fsp3) is 0. The van der Waals surface area contributed by atoms with E-state index in [9.17, 15) is 10.0 Å². The van der Waals surface area contributed by atoms with Gasteiger partial charge in [-0.05, 0) is 36.4 Å². The molecule has 0 saturated carbocycles. The molecule has 0 radical (unpaired) electrons. The summed E-state index contributed by atoms with van der Waals surface area (Å²) in [4.78, 5) is 16.6. The van der Waals surface area contributed by atoms with E-state index in [1.165, 1.54) is 0 Å². The molecule has 0 aliphatic carbocycles. The quantitative estimate of drug-likeness (QED) is 0.501. The average Bonchev–Trinajstić information content (AvgIpc) is 3.24. The van der Waals surface area contributed by atoms with Crippen LogP contribution in [0.3, 0.4) is 0 Å². The van der Waals surface area contributed by atoms with Crippen molar-refractivity contribution in [3.63, 3.8) is 0 Å². The molecule has 0 aliphatic heterocycles. The number of nitrogens with zero attached hydrogens (tertiary/aromatic N) is 3. The summed E-state index contributed by atoms with van der Waals surface area (Å²) in [6.45, 7) is 0. The number of benzene rings is 3. The first kappa shape index (κ1) is 16.7. The lowest BCUT2D eigenvalue weighted by Crippen LogP contribution is -2.24. The smallest absolute Gasteiger partial charge is 0.258 e. The van der Waals surface area contributed by atoms with E-state index in [1.54, 1.807) is 54.6 Å². The molecule has 0 aliphatic rings. The molecule has 0 bridgehead atoms. The van der Waals surface area contributed by atoms with Crippen LogP contribution in [-0.2, 0) is 0 Å². The van der Waals surface area contributed by atoms with Crippen LogP contribution >= 0.6 is 0 Å². The van der Waals surface area contributed by atoms with Gasteiger partial charge in [-0.2, -0.15) is 4.98 Å². The minimum Gasteiger partial charge on any atom is -0.751 e. The molecule has 3 aromatic carbocycles. The van der Waals surface area contributed by atoms with E-state index in [-0.39, 0.29) is 5.69 Å². The molecule has 0 fully saturated rings. The Kier molecular flexibility index (Phi) is 4.47. The lowest BCUT2D eigenvalue weighted by Gasteiger charge is -2.28. The van der Waals surface area contributed by atoms with E-state index in [1.807, 2.05) is 30.3 Å². The van der Waals surface area contributed by atoms with Crippen molar-refractivity contribution >= 4 is 11.6 Å². The van der Waals surface area contributed by atoms with Crippen molar-refractivity contribution in [2.45, 2.75) is 0 Å². The maximum Gasteiger partial charge on any atom is 0.258 e. The van der Waals surface area contributed by atoms with Crippen molar-refractivity contribution in [1.29, 1.82) is 0 Å². The second kappa shape index (κ2) is 7.23. The molecule has 4 aromatic rings. The van der Waals surface area contributed by atoms with Gasteiger partial charge >= 0.3 is 0 Å². The Balaban J connectivity index is 1.54. The van der Waals surface area contributed by atoms with Crippen molar-refractivity contribution in [3.8, 4) is 22.8 Å². The van der Waals surface area contributed by atoms with Gasteiger partial charge in [-0.1, -0.05) is 53.7 Å². The first-order valence-corrected chi connectivity index (χ1v) is 8.28. The number of carbonyl (C=O) groups excluding carboxylic acids is 1. The van der Waals surface area contributed by atoms with Crippen LogP contribution < -0.4 is 5.06 Å². The van der Waals surface area contributed by atoms with Gasteiger partial charge in [0.15, 0.2) is 0 Å². The lowest BCUT2D eigenvalue weighted by molar-refractivity contribution is 0.0997. The van der Waals surface area contributed by atoms with Crippen LogP contribution in [0, 0.1) is 5.21 Å². The summed E-state index contributed by atoms with van der Waals surface area (Å²) < 4.78 is 5.30. The molecule has 0 unspecified atom stereocenters. The van der Waals surface area contributed by atoms with Crippen LogP contribution in [0.25, 0.3) is 22.8 Å². The fourth-order valence-electron chi connectivity index (χ4n) is 2.60. The van der Waals surface area contributed by atoms with E-state index in [4.69, 9.17) is 4.52 Å². The standard InChI is InChI=1S/C21H14N3O3/c25-21(17-9-5-2-6-10-17)24(26)18-13-11-16(12-14-18)20-22-19(23-27-20)15-7-3-1-4-8-15/h1-14H/q-1. The monoisotopic (exact) mass is 356 g/mol. The SMILES string of the molecule is O=C(c1ccccc1)N([O-])c1ccc(-c2nc(-c3ccccc3)no2)cc1. The number of hydrogen-bond acceptors (Lipinski definition) is 5. The third kappa shape index (κ3) is 3.47. The van der Waals surface area contributed by atoms with Gasteiger partial charge in [-0.3, -0.25) is 4.79 Å². The highest BCUT2D eigenvalue weighted by atomic mass is 16.5. The molecule has 4 rings (SSSR count). The molecule has 0 saturated heterocycles. The van der Waals surface area contributed by atoms with Crippen LogP contribution in [0.1, 0.15) is 10.4 Å². The molecule has 1 heterocycles. The fourth-order valence-corrected chi connectivity index (χ4v) is 2.60. The molecule has 0 N–H and O–H groups in total. The summed E-state index contributed by atoms with van der Waals surface area (Å²) in [5, 5.41) is 16.6. The topological polar surface area (TPSA) is 82.3 Å². The Labute approximate surface area is 155 Å². The predicted octanol–water partition coefficient (Wildman–Crippen LogP) is 4.55. The second-order valence-electron chi connectivity index (χ2n) is 5.80. The third-order valence-corrected chi connectivity index (χ3v) is 4.01. The van der Waals surface area contributed by atoms with E-state index in [2.05, 4.69) is 10.1 Å². The Hall–Kier alpha value is -3.77. The lowest BCUT2D eigenvalue weighted by atomic mass is 10.1. The highest BCUT2D eigenvalue weighted by Gasteiger charge is 2.12. The normalized spacial score (nSPS) is 10.6. The summed E-state index contributed by atoms with van der Waals surface area (Å²) >= 11 is 0. The highest BCUT2D eigenvalue weighted by molar-refractivity contribution is 6.06. The molecule has 27 heavy (non-hydrogen) atoms. The van der Waals surface area contributed by atoms with Gasteiger partial charge in [-0.25, -0.2) is 0 Å². The molecule has 6 nitrogen and oxygen atoms in total. The molecule has 132 valence electrons. The number of carbonyl (C=O) groups is 1. The van der Waals surface area contributed by atoms with Crippen LogP contribution in [0.4, 0.5) is 5.69 Å². The van der Waals surface area contributed by atoms with E-state index < -0.39 is 5.91 Å². The van der Waals surface area contributed by atoms with Crippen molar-refractivity contribution in [1.82, 2.24) is 10.1 Å². The second-order valence-corrected chi connectivity index (χ2v) is 5.80. The van der Waals surface area contributed by atoms with Gasteiger partial charge in [0.25, 0.3) is 5.89 Å². The van der Waals surface area contributed by atoms with Crippen LogP contribution in [0.15, 0.2) is 89.5 Å². The van der Waals surface area contributed by atoms with E-state index in [0.29, 0.717) is 27.9 Å². The summed E-state index contributed by atoms with van der Waals surface area (Å²) in [5.74, 6) is 0.208. The summed E-state index contributed by atoms with van der Waals surface area (Å²) in [5.41, 5.74) is 2.08. The summed E-state index contributed by atoms with van der Waals surface area (Å²) in [6, 6.07) is 24.3. The van der Waals surface area contributed by atoms with Crippen molar-refractivity contribution in [2.75, 3.05) is 5.06 Å². The zero-order valence-electron chi connectivity index (χ0n) is 14.1. The number of amides is 1. The predicted molar refractivity (Wildman–Crippen MR) is 102 cm³/mol. The molecule has 6 heteroatoms. The summed E-state index contributed by atoms with van der Waals surface area (Å²) in [6.07, 6.45) is 0. The number of rotatable bonds is 4. The van der Waals surface area contributed by atoms with Crippen LogP contribution in [0.2, 0.25) is 0 Å². The number of aromatic nitrogens is 2. The molecule has 1 amide bonds. The minimum atomic E-state index is -0.618. The number of anilines is 1. The van der Waals surface area contributed by atoms with Gasteiger partial charge in [0.05, 0.1) is 0 Å². The molecular weight excluding hydrogens is 342 g/mol. The van der Waals surface area contributed by atoms with Gasteiger partial charge in [0.2, 0.25) is 11.7 Å². The zero-order valence-corrected chi connectivity index (χ0v) is 14.1. The molecule has 0 spiro atoms. The first-order chi connectivity index (χ1) is 13.2. The minimum absolute atomic E-state index is 0.232. The van der Waals surface area contributed by atoms with Gasteiger partial charge < -0.3 is 14.8 Å². The Bertz CT molecular complexity index is 1050. The zero-order chi connectivity index (χ0) is 18.6. The van der Waals surface area contributed by atoms with Crippen molar-refractivity contribution in [2.24, 2.45) is 0 Å². The van der Waals surface area contributed by atoms with Gasteiger partial charge in [-0.15, -0.1) is 0 Å². The van der Waals surface area contributed by atoms with E-state index in [0.717, 1.165) is 5.56 Å². The highest BCUT2D eigenvalue weighted by Crippen LogP contribution is 2.25. The molecule has 1 aromatic heterocycles. The van der Waals surface area contributed by atoms with Gasteiger partial charge in [0.1, 0.15) is 0 Å². The van der Waals surface area contributed by atoms with E-state index >= 15 is 0 Å². The van der Waals surface area contributed by atoms with Crippen molar-refractivity contribution < 1.29 is 9.32 Å². The van der Waals surface area contributed by atoms with Gasteiger partial charge in [0, 0.05) is 22.4 Å². The van der Waals surface area contributed by atoms with Crippen LogP contribution in [0.5, 0.6) is 0 Å². The Morgan fingerprint density at radius 1 is 0.815 bits per heavy atom. The number of hydroxylamine groups is 1. The Morgan fingerprint density at radius 3 is 2.11 bits per heavy atom. The number of hydrogen-bond donors (Lipinski definition) is 0. The summed E-state index contributed by atoms with van der Waals surface area (Å²) in [7, 11) is 0. The maximum absolute atomic E-state index is 12.3.